The molecule has 1 saturated heterocycles. The molecule has 1 aromatic rings. The van der Waals surface area contributed by atoms with Crippen molar-refractivity contribution in [2.75, 3.05) is 13.1 Å². The Hall–Kier alpha value is -1.14. The van der Waals surface area contributed by atoms with Crippen LogP contribution in [0.3, 0.4) is 0 Å². The third-order valence-electron chi connectivity index (χ3n) is 3.95. The van der Waals surface area contributed by atoms with Gasteiger partial charge in [-0.2, -0.15) is 0 Å². The lowest BCUT2D eigenvalue weighted by molar-refractivity contribution is -0.00909. The second kappa shape index (κ2) is 7.18. The van der Waals surface area contributed by atoms with Crippen molar-refractivity contribution in [1.82, 2.24) is 9.88 Å². The molecule has 0 radical (unpaired) electrons. The molecule has 128 valence electrons. The lowest BCUT2D eigenvalue weighted by Crippen LogP contribution is -2.41. The fraction of sp³-hybridized carbons (Fsp3) is 0.647. The normalized spacial score (nSPS) is 18.9. The van der Waals surface area contributed by atoms with E-state index in [1.807, 2.05) is 32.9 Å². The van der Waals surface area contributed by atoms with Crippen molar-refractivity contribution in [2.24, 2.45) is 0 Å². The fourth-order valence-electron chi connectivity index (χ4n) is 2.87. The van der Waals surface area contributed by atoms with Gasteiger partial charge in [-0.25, -0.2) is 9.78 Å². The molecule has 23 heavy (non-hydrogen) atoms. The Kier molecular flexibility index (Phi) is 5.68. The van der Waals surface area contributed by atoms with Gasteiger partial charge in [-0.05, 0) is 68.5 Å². The Morgan fingerprint density at radius 3 is 2.48 bits per heavy atom. The number of carbonyl (C=O) groups excluding carboxylic acids is 1. The molecule has 0 aliphatic carbocycles. The minimum Gasteiger partial charge on any atom is -0.444 e. The number of rotatable bonds is 1. The monoisotopic (exact) mass is 384 g/mol. The van der Waals surface area contributed by atoms with Crippen molar-refractivity contribution < 1.29 is 14.6 Å². The van der Waals surface area contributed by atoms with Crippen LogP contribution in [0.15, 0.2) is 22.9 Å². The van der Waals surface area contributed by atoms with Crippen LogP contribution in [0, 0.1) is 0 Å². The number of likely N-dealkylation sites (tertiary alicyclic amines) is 1. The van der Waals surface area contributed by atoms with E-state index >= 15 is 0 Å². The standard InChI is InChI=1S/C17H25BrN2O3/c1-16(2,3)23-15(21)20-11-5-8-17(22,9-6-12-20)13-7-4-10-19-14(13)18/h4,7,10,22H,5-6,8-9,11-12H2,1-3H3. The average Bonchev–Trinajstić information content (AvgIpc) is 2.41. The maximum absolute atomic E-state index is 12.2. The number of hydrogen-bond acceptors (Lipinski definition) is 4. The van der Waals surface area contributed by atoms with Crippen molar-refractivity contribution in [1.29, 1.82) is 0 Å². The summed E-state index contributed by atoms with van der Waals surface area (Å²) in [5.41, 5.74) is -0.556. The van der Waals surface area contributed by atoms with Gasteiger partial charge in [-0.3, -0.25) is 0 Å². The quantitative estimate of drug-likeness (QED) is 0.746. The number of amides is 1. The Labute approximate surface area is 146 Å². The third kappa shape index (κ3) is 4.91. The molecule has 1 N–H and O–H groups in total. The van der Waals surface area contributed by atoms with E-state index in [2.05, 4.69) is 20.9 Å². The van der Waals surface area contributed by atoms with Gasteiger partial charge in [0.2, 0.25) is 0 Å². The highest BCUT2D eigenvalue weighted by molar-refractivity contribution is 9.10. The second-order valence-corrected chi connectivity index (χ2v) is 7.80. The number of hydrogen-bond donors (Lipinski definition) is 1. The molecule has 1 aromatic heterocycles. The van der Waals surface area contributed by atoms with Crippen LogP contribution in [0.5, 0.6) is 0 Å². The van der Waals surface area contributed by atoms with E-state index in [4.69, 9.17) is 4.74 Å². The number of aliphatic hydroxyl groups is 1. The van der Waals surface area contributed by atoms with Gasteiger partial charge in [0.05, 0.1) is 5.60 Å². The molecule has 0 aromatic carbocycles. The number of aromatic nitrogens is 1. The molecule has 0 atom stereocenters. The summed E-state index contributed by atoms with van der Waals surface area (Å²) >= 11 is 3.42. The molecule has 6 heteroatoms. The first-order valence-corrected chi connectivity index (χ1v) is 8.82. The molecule has 1 aliphatic rings. The van der Waals surface area contributed by atoms with E-state index in [9.17, 15) is 9.90 Å². The molecule has 1 aliphatic heterocycles. The van der Waals surface area contributed by atoms with Gasteiger partial charge in [0.15, 0.2) is 0 Å². The zero-order chi connectivity index (χ0) is 17.1. The lowest BCUT2D eigenvalue weighted by Gasteiger charge is -2.35. The van der Waals surface area contributed by atoms with Crippen LogP contribution in [-0.2, 0) is 10.3 Å². The van der Waals surface area contributed by atoms with Crippen LogP contribution in [0.1, 0.15) is 52.0 Å². The van der Waals surface area contributed by atoms with E-state index in [-0.39, 0.29) is 6.09 Å². The van der Waals surface area contributed by atoms with Gasteiger partial charge in [-0.1, -0.05) is 6.07 Å². The maximum Gasteiger partial charge on any atom is 0.410 e. The van der Waals surface area contributed by atoms with Gasteiger partial charge in [0.1, 0.15) is 10.2 Å². The van der Waals surface area contributed by atoms with Crippen molar-refractivity contribution in [2.45, 2.75) is 57.7 Å². The Morgan fingerprint density at radius 2 is 1.96 bits per heavy atom. The van der Waals surface area contributed by atoms with Crippen LogP contribution in [-0.4, -0.2) is 39.8 Å². The number of pyridine rings is 1. The largest absolute Gasteiger partial charge is 0.444 e. The smallest absolute Gasteiger partial charge is 0.410 e. The third-order valence-corrected chi connectivity index (χ3v) is 4.58. The maximum atomic E-state index is 12.2. The van der Waals surface area contributed by atoms with Gasteiger partial charge < -0.3 is 14.7 Å². The highest BCUT2D eigenvalue weighted by Crippen LogP contribution is 2.36. The van der Waals surface area contributed by atoms with E-state index in [1.165, 1.54) is 0 Å². The summed E-state index contributed by atoms with van der Waals surface area (Å²) in [6.45, 7) is 6.79. The summed E-state index contributed by atoms with van der Waals surface area (Å²) in [4.78, 5) is 18.1. The van der Waals surface area contributed by atoms with Gasteiger partial charge in [-0.15, -0.1) is 0 Å². The minimum absolute atomic E-state index is 0.273. The topological polar surface area (TPSA) is 62.7 Å². The molecule has 1 amide bonds. The highest BCUT2D eigenvalue weighted by Gasteiger charge is 2.33. The molecule has 5 nitrogen and oxygen atoms in total. The first kappa shape index (κ1) is 18.2. The van der Waals surface area contributed by atoms with E-state index < -0.39 is 11.2 Å². The van der Waals surface area contributed by atoms with Gasteiger partial charge in [0, 0.05) is 24.8 Å². The summed E-state index contributed by atoms with van der Waals surface area (Å²) in [5.74, 6) is 0. The summed E-state index contributed by atoms with van der Waals surface area (Å²) in [5, 5.41) is 11.0. The predicted octanol–water partition coefficient (Wildman–Crippen LogP) is 3.84. The van der Waals surface area contributed by atoms with Crippen LogP contribution < -0.4 is 0 Å². The molecule has 0 bridgehead atoms. The fourth-order valence-corrected chi connectivity index (χ4v) is 3.49. The molecule has 2 rings (SSSR count). The van der Waals surface area contributed by atoms with Gasteiger partial charge >= 0.3 is 6.09 Å². The van der Waals surface area contributed by atoms with Crippen LogP contribution in [0.4, 0.5) is 4.79 Å². The molecular formula is C17H25BrN2O3. The molecular weight excluding hydrogens is 360 g/mol. The van der Waals surface area contributed by atoms with Crippen molar-refractivity contribution >= 4 is 22.0 Å². The molecule has 0 spiro atoms. The molecule has 1 fully saturated rings. The van der Waals surface area contributed by atoms with E-state index in [1.54, 1.807) is 11.1 Å². The highest BCUT2D eigenvalue weighted by atomic mass is 79.9. The number of ether oxygens (including phenoxy) is 1. The Balaban J connectivity index is 2.02. The van der Waals surface area contributed by atoms with Crippen LogP contribution in [0.25, 0.3) is 0 Å². The second-order valence-electron chi connectivity index (χ2n) is 7.05. The minimum atomic E-state index is -0.896. The Bertz CT molecular complexity index is 547. The zero-order valence-corrected chi connectivity index (χ0v) is 15.6. The summed E-state index contributed by atoms with van der Waals surface area (Å²) < 4.78 is 6.12. The summed E-state index contributed by atoms with van der Waals surface area (Å²) in [6, 6.07) is 3.74. The molecule has 0 unspecified atom stereocenters. The van der Waals surface area contributed by atoms with Crippen molar-refractivity contribution in [3.63, 3.8) is 0 Å². The number of nitrogens with zero attached hydrogens (tertiary/aromatic N) is 2. The average molecular weight is 385 g/mol. The van der Waals surface area contributed by atoms with E-state index in [0.29, 0.717) is 30.5 Å². The van der Waals surface area contributed by atoms with E-state index in [0.717, 1.165) is 18.4 Å². The summed E-state index contributed by atoms with van der Waals surface area (Å²) in [6.07, 6.45) is 4.05. The lowest BCUT2D eigenvalue weighted by atomic mass is 9.85. The molecule has 2 heterocycles. The van der Waals surface area contributed by atoms with Crippen molar-refractivity contribution in [3.8, 4) is 0 Å². The summed E-state index contributed by atoms with van der Waals surface area (Å²) in [7, 11) is 0. The Morgan fingerprint density at radius 1 is 1.35 bits per heavy atom. The van der Waals surface area contributed by atoms with Crippen LogP contribution in [0.2, 0.25) is 0 Å². The first-order chi connectivity index (χ1) is 10.7. The first-order valence-electron chi connectivity index (χ1n) is 8.03. The molecule has 0 saturated carbocycles. The number of carbonyl (C=O) groups is 1. The van der Waals surface area contributed by atoms with Gasteiger partial charge in [0.25, 0.3) is 0 Å². The van der Waals surface area contributed by atoms with Crippen molar-refractivity contribution in [3.05, 3.63) is 28.5 Å². The zero-order valence-electron chi connectivity index (χ0n) is 14.0. The number of halogens is 1. The SMILES string of the molecule is CC(C)(C)OC(=O)N1CCCC(O)(c2cccnc2Br)CCC1. The predicted molar refractivity (Wildman–Crippen MR) is 92.1 cm³/mol. The van der Waals surface area contributed by atoms with Crippen LogP contribution >= 0.6 is 15.9 Å².